The predicted octanol–water partition coefficient (Wildman–Crippen LogP) is 2.45. The maximum Gasteiger partial charge on any atom is 0.251 e. The van der Waals surface area contributed by atoms with Crippen LogP contribution in [0.4, 0.5) is 0 Å². The minimum absolute atomic E-state index is 0.0177. The summed E-state index contributed by atoms with van der Waals surface area (Å²) >= 11 is 1.87. The SMILES string of the molecule is CSCCCCCNC(=O)c1ccc(CCN)cc1. The number of carbonyl (C=O) groups excluding carboxylic acids is 1. The highest BCUT2D eigenvalue weighted by molar-refractivity contribution is 7.98. The number of nitrogens with two attached hydrogens (primary N) is 1. The highest BCUT2D eigenvalue weighted by Gasteiger charge is 2.04. The first-order valence-corrected chi connectivity index (χ1v) is 8.23. The van der Waals surface area contributed by atoms with E-state index in [0.717, 1.165) is 24.9 Å². The highest BCUT2D eigenvalue weighted by Crippen LogP contribution is 2.05. The lowest BCUT2D eigenvalue weighted by Crippen LogP contribution is -2.24. The van der Waals surface area contributed by atoms with Gasteiger partial charge in [0, 0.05) is 12.1 Å². The molecule has 0 bridgehead atoms. The number of nitrogens with one attached hydrogen (secondary N) is 1. The summed E-state index contributed by atoms with van der Waals surface area (Å²) in [6, 6.07) is 7.68. The summed E-state index contributed by atoms with van der Waals surface area (Å²) in [5.74, 6) is 1.22. The van der Waals surface area contributed by atoms with Gasteiger partial charge in [-0.2, -0.15) is 11.8 Å². The average molecular weight is 280 g/mol. The summed E-state index contributed by atoms with van der Waals surface area (Å²) < 4.78 is 0. The Morgan fingerprint density at radius 2 is 1.95 bits per heavy atom. The van der Waals surface area contributed by atoms with Crippen molar-refractivity contribution in [3.63, 3.8) is 0 Å². The lowest BCUT2D eigenvalue weighted by atomic mass is 10.1. The van der Waals surface area contributed by atoms with Crippen LogP contribution in [0.25, 0.3) is 0 Å². The van der Waals surface area contributed by atoms with Crippen LogP contribution in [0.5, 0.6) is 0 Å². The Kier molecular flexibility index (Phi) is 8.34. The maximum absolute atomic E-state index is 11.9. The van der Waals surface area contributed by atoms with E-state index in [-0.39, 0.29) is 5.91 Å². The molecule has 1 aromatic carbocycles. The monoisotopic (exact) mass is 280 g/mol. The molecule has 106 valence electrons. The van der Waals surface area contributed by atoms with Gasteiger partial charge in [-0.25, -0.2) is 0 Å². The fourth-order valence-corrected chi connectivity index (χ4v) is 2.33. The van der Waals surface area contributed by atoms with Crippen molar-refractivity contribution in [2.24, 2.45) is 5.73 Å². The normalized spacial score (nSPS) is 10.4. The van der Waals surface area contributed by atoms with E-state index in [2.05, 4.69) is 11.6 Å². The lowest BCUT2D eigenvalue weighted by molar-refractivity contribution is 0.0953. The summed E-state index contributed by atoms with van der Waals surface area (Å²) in [5.41, 5.74) is 7.40. The summed E-state index contributed by atoms with van der Waals surface area (Å²) in [5, 5.41) is 2.96. The molecule has 1 aromatic rings. The van der Waals surface area contributed by atoms with Crippen LogP contribution in [-0.2, 0) is 6.42 Å². The molecule has 19 heavy (non-hydrogen) atoms. The third-order valence-corrected chi connectivity index (χ3v) is 3.66. The number of amides is 1. The predicted molar refractivity (Wildman–Crippen MR) is 83.8 cm³/mol. The molecular formula is C15H24N2OS. The molecule has 0 heterocycles. The van der Waals surface area contributed by atoms with Crippen molar-refractivity contribution in [2.75, 3.05) is 25.1 Å². The summed E-state index contributed by atoms with van der Waals surface area (Å²) in [6.07, 6.45) is 6.44. The quantitative estimate of drug-likeness (QED) is 0.683. The van der Waals surface area contributed by atoms with Crippen LogP contribution in [0.3, 0.4) is 0 Å². The summed E-state index contributed by atoms with van der Waals surface area (Å²) in [4.78, 5) is 11.9. The molecule has 0 aliphatic rings. The molecule has 0 aliphatic heterocycles. The van der Waals surface area contributed by atoms with Crippen LogP contribution in [0.2, 0.25) is 0 Å². The Hall–Kier alpha value is -1.00. The second kappa shape index (κ2) is 9.87. The van der Waals surface area contributed by atoms with Crippen LogP contribution < -0.4 is 11.1 Å². The number of carbonyl (C=O) groups is 1. The molecule has 0 fully saturated rings. The zero-order valence-electron chi connectivity index (χ0n) is 11.7. The van der Waals surface area contributed by atoms with E-state index >= 15 is 0 Å². The van der Waals surface area contributed by atoms with E-state index in [1.165, 1.54) is 24.2 Å². The second-order valence-electron chi connectivity index (χ2n) is 4.54. The molecule has 0 radical (unpaired) electrons. The van der Waals surface area contributed by atoms with E-state index < -0.39 is 0 Å². The molecule has 0 saturated carbocycles. The van der Waals surface area contributed by atoms with Crippen LogP contribution in [0.15, 0.2) is 24.3 Å². The Bertz CT molecular complexity index is 365. The van der Waals surface area contributed by atoms with E-state index in [1.807, 2.05) is 36.0 Å². The van der Waals surface area contributed by atoms with Crippen molar-refractivity contribution < 1.29 is 4.79 Å². The molecule has 0 atom stereocenters. The summed E-state index contributed by atoms with van der Waals surface area (Å²) in [6.45, 7) is 1.40. The van der Waals surface area contributed by atoms with Crippen molar-refractivity contribution in [1.29, 1.82) is 0 Å². The molecule has 1 amide bonds. The molecule has 1 rings (SSSR count). The molecule has 0 saturated heterocycles. The van der Waals surface area contributed by atoms with Gasteiger partial charge in [0.1, 0.15) is 0 Å². The van der Waals surface area contributed by atoms with Crippen molar-refractivity contribution >= 4 is 17.7 Å². The lowest BCUT2D eigenvalue weighted by Gasteiger charge is -2.06. The molecule has 0 aromatic heterocycles. The van der Waals surface area contributed by atoms with Crippen molar-refractivity contribution in [3.05, 3.63) is 35.4 Å². The van der Waals surface area contributed by atoms with Gasteiger partial charge < -0.3 is 11.1 Å². The zero-order chi connectivity index (χ0) is 13.9. The van der Waals surface area contributed by atoms with E-state index in [1.54, 1.807) is 0 Å². The summed E-state index contributed by atoms with van der Waals surface area (Å²) in [7, 11) is 0. The Balaban J connectivity index is 2.25. The van der Waals surface area contributed by atoms with Crippen molar-refractivity contribution in [1.82, 2.24) is 5.32 Å². The number of hydrogen-bond donors (Lipinski definition) is 2. The van der Waals surface area contributed by atoms with Gasteiger partial charge in [-0.05, 0) is 55.5 Å². The fraction of sp³-hybridized carbons (Fsp3) is 0.533. The van der Waals surface area contributed by atoms with Crippen LogP contribution >= 0.6 is 11.8 Å². The minimum Gasteiger partial charge on any atom is -0.352 e. The number of rotatable bonds is 9. The van der Waals surface area contributed by atoms with Crippen LogP contribution in [0, 0.1) is 0 Å². The van der Waals surface area contributed by atoms with E-state index in [0.29, 0.717) is 6.54 Å². The Labute approximate surface area is 120 Å². The van der Waals surface area contributed by atoms with Gasteiger partial charge in [-0.3, -0.25) is 4.79 Å². The van der Waals surface area contributed by atoms with Gasteiger partial charge in [-0.15, -0.1) is 0 Å². The van der Waals surface area contributed by atoms with Crippen molar-refractivity contribution in [3.8, 4) is 0 Å². The first-order valence-electron chi connectivity index (χ1n) is 6.84. The largest absolute Gasteiger partial charge is 0.352 e. The van der Waals surface area contributed by atoms with Crippen LogP contribution in [-0.4, -0.2) is 31.0 Å². The number of unbranched alkanes of at least 4 members (excludes halogenated alkanes) is 2. The van der Waals surface area contributed by atoms with Crippen LogP contribution in [0.1, 0.15) is 35.2 Å². The minimum atomic E-state index is 0.0177. The zero-order valence-corrected chi connectivity index (χ0v) is 12.5. The van der Waals surface area contributed by atoms with Gasteiger partial charge in [0.25, 0.3) is 5.91 Å². The second-order valence-corrected chi connectivity index (χ2v) is 5.53. The average Bonchev–Trinajstić information content (AvgIpc) is 2.43. The van der Waals surface area contributed by atoms with E-state index in [9.17, 15) is 4.79 Å². The molecule has 0 spiro atoms. The topological polar surface area (TPSA) is 55.1 Å². The van der Waals surface area contributed by atoms with Gasteiger partial charge in [0.15, 0.2) is 0 Å². The molecular weight excluding hydrogens is 256 g/mol. The fourth-order valence-electron chi connectivity index (χ4n) is 1.84. The highest BCUT2D eigenvalue weighted by atomic mass is 32.2. The van der Waals surface area contributed by atoms with Gasteiger partial charge in [0.2, 0.25) is 0 Å². The van der Waals surface area contributed by atoms with Crippen molar-refractivity contribution in [2.45, 2.75) is 25.7 Å². The number of benzene rings is 1. The number of thioether (sulfide) groups is 1. The van der Waals surface area contributed by atoms with Gasteiger partial charge in [0.05, 0.1) is 0 Å². The Morgan fingerprint density at radius 1 is 1.21 bits per heavy atom. The third kappa shape index (κ3) is 6.64. The number of hydrogen-bond acceptors (Lipinski definition) is 3. The smallest absolute Gasteiger partial charge is 0.251 e. The van der Waals surface area contributed by atoms with Gasteiger partial charge >= 0.3 is 0 Å². The first kappa shape index (κ1) is 16.1. The molecule has 3 nitrogen and oxygen atoms in total. The maximum atomic E-state index is 11.9. The third-order valence-electron chi connectivity index (χ3n) is 2.96. The molecule has 0 aliphatic carbocycles. The first-order chi connectivity index (χ1) is 9.27. The molecule has 4 heteroatoms. The molecule has 0 unspecified atom stereocenters. The van der Waals surface area contributed by atoms with E-state index in [4.69, 9.17) is 5.73 Å². The Morgan fingerprint density at radius 3 is 2.58 bits per heavy atom. The standard InChI is InChI=1S/C15H24N2OS/c1-19-12-4-2-3-11-17-15(18)14-7-5-13(6-8-14)9-10-16/h5-8H,2-4,9-12,16H2,1H3,(H,17,18). The van der Waals surface area contributed by atoms with Gasteiger partial charge in [-0.1, -0.05) is 18.6 Å². The molecule has 3 N–H and O–H groups in total.